The molecule has 0 bridgehead atoms. The molecule has 0 aliphatic carbocycles. The van der Waals surface area contributed by atoms with Crippen LogP contribution in [0.25, 0.3) is 0 Å². The van der Waals surface area contributed by atoms with Crippen LogP contribution in [-0.2, 0) is 14.3 Å². The van der Waals surface area contributed by atoms with Gasteiger partial charge in [-0.15, -0.1) is 11.8 Å². The molecule has 2 N–H and O–H groups in total. The maximum atomic E-state index is 11.9. The molecular formula is C17H23ClN2O4S. The number of ether oxygens (including phenoxy) is 1. The van der Waals surface area contributed by atoms with Gasteiger partial charge in [-0.2, -0.15) is 0 Å². The molecule has 1 atom stereocenters. The van der Waals surface area contributed by atoms with E-state index in [1.54, 1.807) is 31.2 Å². The third-order valence-corrected chi connectivity index (χ3v) is 4.41. The van der Waals surface area contributed by atoms with Crippen molar-refractivity contribution in [3.05, 3.63) is 29.3 Å². The Kier molecular flexibility index (Phi) is 9.37. The Labute approximate surface area is 157 Å². The maximum Gasteiger partial charge on any atom is 0.321 e. The molecule has 1 rings (SSSR count). The van der Waals surface area contributed by atoms with Crippen LogP contribution in [0.5, 0.6) is 0 Å². The number of benzene rings is 1. The van der Waals surface area contributed by atoms with Gasteiger partial charge in [-0.25, -0.2) is 4.79 Å². The minimum atomic E-state index is -0.668. The Bertz CT molecular complexity index is 593. The second-order valence-corrected chi connectivity index (χ2v) is 7.66. The zero-order valence-electron chi connectivity index (χ0n) is 14.5. The summed E-state index contributed by atoms with van der Waals surface area (Å²) in [6, 6.07) is 6.46. The lowest BCUT2D eigenvalue weighted by Gasteiger charge is -2.11. The van der Waals surface area contributed by atoms with Gasteiger partial charge in [-0.05, 0) is 43.5 Å². The Hall–Kier alpha value is -1.73. The molecule has 0 unspecified atom stereocenters. The quantitative estimate of drug-likeness (QED) is 0.529. The van der Waals surface area contributed by atoms with Crippen molar-refractivity contribution in [1.29, 1.82) is 0 Å². The van der Waals surface area contributed by atoms with Crippen molar-refractivity contribution in [2.24, 2.45) is 5.92 Å². The highest BCUT2D eigenvalue weighted by atomic mass is 35.5. The third-order valence-electron chi connectivity index (χ3n) is 3.06. The summed E-state index contributed by atoms with van der Waals surface area (Å²) < 4.78 is 4.93. The first-order valence-electron chi connectivity index (χ1n) is 7.94. The molecule has 1 aromatic rings. The van der Waals surface area contributed by atoms with E-state index in [-0.39, 0.29) is 0 Å². The van der Waals surface area contributed by atoms with Gasteiger partial charge in [-0.3, -0.25) is 14.9 Å². The van der Waals surface area contributed by atoms with Gasteiger partial charge in [0.2, 0.25) is 0 Å². The smallest absolute Gasteiger partial charge is 0.321 e. The van der Waals surface area contributed by atoms with Crippen LogP contribution in [0.2, 0.25) is 5.02 Å². The van der Waals surface area contributed by atoms with Crippen LogP contribution >= 0.6 is 23.4 Å². The molecule has 1 aromatic carbocycles. The van der Waals surface area contributed by atoms with E-state index in [1.165, 1.54) is 11.8 Å². The topological polar surface area (TPSA) is 84.5 Å². The number of nitrogens with one attached hydrogen (secondary N) is 2. The number of thioether (sulfide) groups is 1. The molecule has 25 heavy (non-hydrogen) atoms. The summed E-state index contributed by atoms with van der Waals surface area (Å²) in [6.07, 6.45) is 0.816. The monoisotopic (exact) mass is 386 g/mol. The molecule has 0 fully saturated rings. The van der Waals surface area contributed by atoms with Gasteiger partial charge in [0.05, 0.1) is 0 Å². The van der Waals surface area contributed by atoms with Crippen molar-refractivity contribution in [3.8, 4) is 0 Å². The molecule has 8 heteroatoms. The first-order chi connectivity index (χ1) is 11.8. The number of amides is 3. The average molecular weight is 387 g/mol. The summed E-state index contributed by atoms with van der Waals surface area (Å²) in [6.45, 7) is 5.73. The predicted molar refractivity (Wildman–Crippen MR) is 98.7 cm³/mol. The molecule has 0 saturated carbocycles. The van der Waals surface area contributed by atoms with Gasteiger partial charge >= 0.3 is 12.0 Å². The molecule has 0 aliphatic rings. The first-order valence-corrected chi connectivity index (χ1v) is 9.20. The van der Waals surface area contributed by atoms with Crippen molar-refractivity contribution in [1.82, 2.24) is 10.6 Å². The fourth-order valence-electron chi connectivity index (χ4n) is 1.70. The van der Waals surface area contributed by atoms with Gasteiger partial charge in [0, 0.05) is 16.5 Å². The van der Waals surface area contributed by atoms with E-state index in [4.69, 9.17) is 16.3 Å². The Morgan fingerprint density at radius 2 is 1.80 bits per heavy atom. The number of rotatable bonds is 8. The maximum absolute atomic E-state index is 11.9. The summed E-state index contributed by atoms with van der Waals surface area (Å²) in [5, 5.41) is 4.80. The molecule has 0 heterocycles. The third kappa shape index (κ3) is 9.36. The highest BCUT2D eigenvalue weighted by Crippen LogP contribution is 2.25. The number of urea groups is 1. The summed E-state index contributed by atoms with van der Waals surface area (Å²) in [5.74, 6) is -0.744. The normalized spacial score (nSPS) is 11.7. The van der Waals surface area contributed by atoms with Gasteiger partial charge in [0.15, 0.2) is 6.61 Å². The van der Waals surface area contributed by atoms with Gasteiger partial charge in [0.1, 0.15) is 5.25 Å². The van der Waals surface area contributed by atoms with Crippen molar-refractivity contribution in [2.45, 2.75) is 37.3 Å². The van der Waals surface area contributed by atoms with Gasteiger partial charge in [0.25, 0.3) is 5.91 Å². The number of hydrogen-bond acceptors (Lipinski definition) is 5. The van der Waals surface area contributed by atoms with Crippen molar-refractivity contribution < 1.29 is 19.1 Å². The summed E-state index contributed by atoms with van der Waals surface area (Å²) in [7, 11) is 0. The number of halogens is 1. The van der Waals surface area contributed by atoms with Crippen LogP contribution in [0.4, 0.5) is 4.79 Å². The Morgan fingerprint density at radius 3 is 2.40 bits per heavy atom. The Morgan fingerprint density at radius 1 is 1.16 bits per heavy atom. The number of esters is 1. The second kappa shape index (κ2) is 11.0. The molecule has 0 spiro atoms. The molecular weight excluding hydrogens is 364 g/mol. The van der Waals surface area contributed by atoms with Crippen LogP contribution in [0.1, 0.15) is 27.2 Å². The van der Waals surface area contributed by atoms with E-state index in [9.17, 15) is 14.4 Å². The summed E-state index contributed by atoms with van der Waals surface area (Å²) in [4.78, 5) is 35.9. The van der Waals surface area contributed by atoms with E-state index < -0.39 is 29.8 Å². The largest absolute Gasteiger partial charge is 0.455 e. The molecule has 0 saturated heterocycles. The fourth-order valence-corrected chi connectivity index (χ4v) is 2.69. The first kappa shape index (κ1) is 21.3. The molecule has 0 radical (unpaired) electrons. The van der Waals surface area contributed by atoms with Gasteiger partial charge < -0.3 is 10.1 Å². The number of carbonyl (C=O) groups excluding carboxylic acids is 3. The van der Waals surface area contributed by atoms with Crippen LogP contribution in [-0.4, -0.2) is 36.3 Å². The van der Waals surface area contributed by atoms with Gasteiger partial charge in [-0.1, -0.05) is 25.4 Å². The molecule has 0 aromatic heterocycles. The fraction of sp³-hybridized carbons (Fsp3) is 0.471. The number of hydrogen-bond donors (Lipinski definition) is 2. The number of imide groups is 1. The highest BCUT2D eigenvalue weighted by molar-refractivity contribution is 8.00. The zero-order chi connectivity index (χ0) is 18.8. The predicted octanol–water partition coefficient (Wildman–Crippen LogP) is 3.24. The molecule has 0 aliphatic heterocycles. The van der Waals surface area contributed by atoms with E-state index in [2.05, 4.69) is 10.6 Å². The minimum Gasteiger partial charge on any atom is -0.455 e. The number of carbonyl (C=O) groups is 3. The van der Waals surface area contributed by atoms with E-state index >= 15 is 0 Å². The molecule has 3 amide bonds. The summed E-state index contributed by atoms with van der Waals surface area (Å²) in [5.41, 5.74) is 0. The minimum absolute atomic E-state index is 0.455. The van der Waals surface area contributed by atoms with Crippen LogP contribution in [0.3, 0.4) is 0 Å². The standard InChI is InChI=1S/C17H23ClN2O4S/c1-11(2)8-9-19-17(23)20-15(21)10-24-16(22)12(3)25-14-6-4-13(18)5-7-14/h4-7,11-12H,8-10H2,1-3H3,(H2,19,20,21,23)/t12-/m1/s1. The van der Waals surface area contributed by atoms with Crippen LogP contribution < -0.4 is 10.6 Å². The highest BCUT2D eigenvalue weighted by Gasteiger charge is 2.18. The lowest BCUT2D eigenvalue weighted by atomic mass is 10.1. The molecule has 6 nitrogen and oxygen atoms in total. The zero-order valence-corrected chi connectivity index (χ0v) is 16.1. The van der Waals surface area contributed by atoms with E-state index in [1.807, 2.05) is 13.8 Å². The van der Waals surface area contributed by atoms with E-state index in [0.717, 1.165) is 11.3 Å². The van der Waals surface area contributed by atoms with Crippen molar-refractivity contribution in [2.75, 3.05) is 13.2 Å². The van der Waals surface area contributed by atoms with E-state index in [0.29, 0.717) is 17.5 Å². The van der Waals surface area contributed by atoms with Crippen LogP contribution in [0, 0.1) is 5.92 Å². The summed E-state index contributed by atoms with van der Waals surface area (Å²) >= 11 is 7.10. The Balaban J connectivity index is 2.28. The van der Waals surface area contributed by atoms with Crippen LogP contribution in [0.15, 0.2) is 29.2 Å². The average Bonchev–Trinajstić information content (AvgIpc) is 2.54. The lowest BCUT2D eigenvalue weighted by molar-refractivity contribution is -0.147. The SMILES string of the molecule is CC(C)CCNC(=O)NC(=O)COC(=O)[C@@H](C)Sc1ccc(Cl)cc1. The molecule has 138 valence electrons. The second-order valence-electron chi connectivity index (χ2n) is 5.81. The lowest BCUT2D eigenvalue weighted by Crippen LogP contribution is -2.42. The van der Waals surface area contributed by atoms with Crippen molar-refractivity contribution in [3.63, 3.8) is 0 Å². The van der Waals surface area contributed by atoms with Crippen molar-refractivity contribution >= 4 is 41.3 Å².